The van der Waals surface area contributed by atoms with Gasteiger partial charge in [-0.1, -0.05) is 6.92 Å². The van der Waals surface area contributed by atoms with E-state index in [0.29, 0.717) is 5.25 Å². The van der Waals surface area contributed by atoms with Crippen molar-refractivity contribution < 1.29 is 9.90 Å². The summed E-state index contributed by atoms with van der Waals surface area (Å²) in [7, 11) is 0. The van der Waals surface area contributed by atoms with Crippen LogP contribution in [0.25, 0.3) is 0 Å². The van der Waals surface area contributed by atoms with E-state index in [1.165, 1.54) is 0 Å². The van der Waals surface area contributed by atoms with E-state index in [4.69, 9.17) is 10.8 Å². The van der Waals surface area contributed by atoms with E-state index >= 15 is 0 Å². The Morgan fingerprint density at radius 3 is 2.92 bits per heavy atom. The van der Waals surface area contributed by atoms with Crippen molar-refractivity contribution >= 4 is 17.7 Å². The third kappa shape index (κ3) is 2.68. The third-order valence-corrected chi connectivity index (χ3v) is 3.75. The molecule has 70 valence electrons. The number of carbonyl (C=O) groups is 1. The third-order valence-electron chi connectivity index (χ3n) is 2.21. The van der Waals surface area contributed by atoms with Crippen LogP contribution in [-0.2, 0) is 4.79 Å². The Balaban J connectivity index is 2.44. The van der Waals surface area contributed by atoms with Crippen molar-refractivity contribution in [1.29, 1.82) is 0 Å². The minimum absolute atomic E-state index is 0.104. The molecule has 3 N–H and O–H groups in total. The Bertz CT molecular complexity index is 176. The maximum absolute atomic E-state index is 10.5. The summed E-state index contributed by atoms with van der Waals surface area (Å²) in [6, 6.07) is 0. The standard InChI is InChI=1S/C8H15NO2S/c1-6-2-3-8(9,5-12-6)4-7(10)11/h6H,2-5,9H2,1H3,(H,10,11). The molecule has 1 aliphatic rings. The van der Waals surface area contributed by atoms with Crippen LogP contribution in [-0.4, -0.2) is 27.6 Å². The molecule has 1 fully saturated rings. The van der Waals surface area contributed by atoms with Crippen molar-refractivity contribution in [1.82, 2.24) is 0 Å². The average Bonchev–Trinajstić information content (AvgIpc) is 1.94. The fourth-order valence-electron chi connectivity index (χ4n) is 1.40. The van der Waals surface area contributed by atoms with E-state index in [0.717, 1.165) is 18.6 Å². The summed E-state index contributed by atoms with van der Waals surface area (Å²) >= 11 is 1.78. The van der Waals surface area contributed by atoms with E-state index in [9.17, 15) is 4.79 Å². The number of thioether (sulfide) groups is 1. The molecule has 2 atom stereocenters. The molecule has 0 aromatic carbocycles. The van der Waals surface area contributed by atoms with Crippen molar-refractivity contribution in [3.63, 3.8) is 0 Å². The van der Waals surface area contributed by atoms with Gasteiger partial charge in [0.15, 0.2) is 0 Å². The highest BCUT2D eigenvalue weighted by atomic mass is 32.2. The molecule has 0 aromatic rings. The van der Waals surface area contributed by atoms with Crippen molar-refractivity contribution in [3.05, 3.63) is 0 Å². The van der Waals surface area contributed by atoms with Crippen LogP contribution >= 0.6 is 11.8 Å². The number of carboxylic acids is 1. The molecule has 0 bridgehead atoms. The fraction of sp³-hybridized carbons (Fsp3) is 0.875. The molecule has 0 spiro atoms. The smallest absolute Gasteiger partial charge is 0.305 e. The van der Waals surface area contributed by atoms with Crippen LogP contribution in [0.1, 0.15) is 26.2 Å². The van der Waals surface area contributed by atoms with Gasteiger partial charge in [0.25, 0.3) is 0 Å². The van der Waals surface area contributed by atoms with Crippen LogP contribution < -0.4 is 5.73 Å². The molecule has 0 radical (unpaired) electrons. The van der Waals surface area contributed by atoms with Gasteiger partial charge in [-0.2, -0.15) is 11.8 Å². The number of nitrogens with two attached hydrogens (primary N) is 1. The van der Waals surface area contributed by atoms with E-state index in [-0.39, 0.29) is 6.42 Å². The average molecular weight is 189 g/mol. The van der Waals surface area contributed by atoms with E-state index in [1.807, 2.05) is 0 Å². The molecule has 1 saturated heterocycles. The lowest BCUT2D eigenvalue weighted by Gasteiger charge is -2.34. The van der Waals surface area contributed by atoms with Crippen molar-refractivity contribution in [2.75, 3.05) is 5.75 Å². The second-order valence-electron chi connectivity index (χ2n) is 3.59. The molecule has 0 saturated carbocycles. The predicted octanol–water partition coefficient (Wildman–Crippen LogP) is 1.07. The normalized spacial score (nSPS) is 36.3. The maximum Gasteiger partial charge on any atom is 0.305 e. The molecule has 0 amide bonds. The number of hydrogen-bond donors (Lipinski definition) is 2. The predicted molar refractivity (Wildman–Crippen MR) is 50.3 cm³/mol. The van der Waals surface area contributed by atoms with Crippen LogP contribution in [0.4, 0.5) is 0 Å². The van der Waals surface area contributed by atoms with Gasteiger partial charge >= 0.3 is 5.97 Å². The van der Waals surface area contributed by atoms with Gasteiger partial charge in [-0.3, -0.25) is 4.79 Å². The van der Waals surface area contributed by atoms with Crippen LogP contribution in [0.15, 0.2) is 0 Å². The number of rotatable bonds is 2. The summed E-state index contributed by atoms with van der Waals surface area (Å²) in [5, 5.41) is 9.24. The van der Waals surface area contributed by atoms with Gasteiger partial charge in [0.1, 0.15) is 0 Å². The second-order valence-corrected chi connectivity index (χ2v) is 5.02. The lowest BCUT2D eigenvalue weighted by molar-refractivity contribution is -0.138. The first-order valence-corrected chi connectivity index (χ1v) is 5.19. The highest BCUT2D eigenvalue weighted by Gasteiger charge is 2.32. The van der Waals surface area contributed by atoms with E-state index in [1.54, 1.807) is 11.8 Å². The molecule has 1 heterocycles. The van der Waals surface area contributed by atoms with Crippen LogP contribution in [0, 0.1) is 0 Å². The Labute approximate surface area is 76.7 Å². The lowest BCUT2D eigenvalue weighted by atomic mass is 9.92. The quantitative estimate of drug-likeness (QED) is 0.682. The first-order valence-electron chi connectivity index (χ1n) is 4.14. The fourth-order valence-corrected chi connectivity index (χ4v) is 2.54. The molecule has 4 heteroatoms. The topological polar surface area (TPSA) is 63.3 Å². The second kappa shape index (κ2) is 3.66. The number of hydrogen-bond acceptors (Lipinski definition) is 3. The first-order chi connectivity index (χ1) is 5.52. The van der Waals surface area contributed by atoms with Gasteiger partial charge in [0.2, 0.25) is 0 Å². The molecule has 1 aliphatic heterocycles. The highest BCUT2D eigenvalue weighted by molar-refractivity contribution is 8.00. The molecule has 0 aliphatic carbocycles. The SMILES string of the molecule is CC1CCC(N)(CC(=O)O)CS1. The zero-order valence-electron chi connectivity index (χ0n) is 7.25. The molecule has 12 heavy (non-hydrogen) atoms. The minimum atomic E-state index is -0.785. The number of carboxylic acid groups (broad SMARTS) is 1. The van der Waals surface area contributed by atoms with Crippen LogP contribution in [0.3, 0.4) is 0 Å². The number of aliphatic carboxylic acids is 1. The van der Waals surface area contributed by atoms with Gasteiger partial charge in [-0.05, 0) is 12.8 Å². The van der Waals surface area contributed by atoms with Gasteiger partial charge < -0.3 is 10.8 Å². The largest absolute Gasteiger partial charge is 0.481 e. The molecule has 1 rings (SSSR count). The van der Waals surface area contributed by atoms with E-state index < -0.39 is 11.5 Å². The van der Waals surface area contributed by atoms with Crippen LogP contribution in [0.5, 0.6) is 0 Å². The summed E-state index contributed by atoms with van der Waals surface area (Å²) in [5.41, 5.74) is 5.47. The van der Waals surface area contributed by atoms with Gasteiger partial charge in [0, 0.05) is 16.5 Å². The highest BCUT2D eigenvalue weighted by Crippen LogP contribution is 2.32. The monoisotopic (exact) mass is 189 g/mol. The summed E-state index contributed by atoms with van der Waals surface area (Å²) in [4.78, 5) is 10.5. The van der Waals surface area contributed by atoms with Gasteiger partial charge in [0.05, 0.1) is 6.42 Å². The molecular weight excluding hydrogens is 174 g/mol. The van der Waals surface area contributed by atoms with Crippen LogP contribution in [0.2, 0.25) is 0 Å². The zero-order chi connectivity index (χ0) is 9.19. The molecular formula is C8H15NO2S. The first kappa shape index (κ1) is 9.86. The Hall–Kier alpha value is -0.220. The van der Waals surface area contributed by atoms with Crippen molar-refractivity contribution in [3.8, 4) is 0 Å². The Morgan fingerprint density at radius 2 is 2.50 bits per heavy atom. The Morgan fingerprint density at radius 1 is 1.83 bits per heavy atom. The van der Waals surface area contributed by atoms with Crippen molar-refractivity contribution in [2.45, 2.75) is 37.0 Å². The van der Waals surface area contributed by atoms with Gasteiger partial charge in [-0.15, -0.1) is 0 Å². The lowest BCUT2D eigenvalue weighted by Crippen LogP contribution is -2.47. The summed E-state index contributed by atoms with van der Waals surface area (Å²) in [6.45, 7) is 2.16. The summed E-state index contributed by atoms with van der Waals surface area (Å²) < 4.78 is 0. The van der Waals surface area contributed by atoms with Gasteiger partial charge in [-0.25, -0.2) is 0 Å². The zero-order valence-corrected chi connectivity index (χ0v) is 8.06. The van der Waals surface area contributed by atoms with E-state index in [2.05, 4.69) is 6.92 Å². The Kier molecular flexibility index (Phi) is 3.01. The summed E-state index contributed by atoms with van der Waals surface area (Å²) in [5.74, 6) is -0.00634. The molecule has 2 unspecified atom stereocenters. The maximum atomic E-state index is 10.5. The minimum Gasteiger partial charge on any atom is -0.481 e. The molecule has 0 aromatic heterocycles. The molecule has 3 nitrogen and oxygen atoms in total. The van der Waals surface area contributed by atoms with Crippen molar-refractivity contribution in [2.24, 2.45) is 5.73 Å². The summed E-state index contributed by atoms with van der Waals surface area (Å²) in [6.07, 6.45) is 1.98.